The third kappa shape index (κ3) is 1.81. The van der Waals surface area contributed by atoms with Gasteiger partial charge in [0.05, 0.1) is 4.90 Å². The van der Waals surface area contributed by atoms with E-state index in [1.807, 2.05) is 12.1 Å². The number of hydrogen-bond acceptors (Lipinski definition) is 3. The lowest BCUT2D eigenvalue weighted by Gasteiger charge is -2.08. The average molecular weight is 249 g/mol. The third-order valence-electron chi connectivity index (χ3n) is 3.63. The van der Waals surface area contributed by atoms with Crippen molar-refractivity contribution in [1.29, 1.82) is 0 Å². The van der Waals surface area contributed by atoms with Crippen LogP contribution >= 0.6 is 0 Å². The summed E-state index contributed by atoms with van der Waals surface area (Å²) in [6.45, 7) is 0. The van der Waals surface area contributed by atoms with Crippen LogP contribution in [-0.2, 0) is 9.84 Å². The van der Waals surface area contributed by atoms with Crippen LogP contribution < -0.4 is 5.73 Å². The van der Waals surface area contributed by atoms with Crippen molar-refractivity contribution in [1.82, 2.24) is 0 Å². The summed E-state index contributed by atoms with van der Waals surface area (Å²) in [5.74, 6) is 0. The number of rotatable bonds is 3. The van der Waals surface area contributed by atoms with Crippen molar-refractivity contribution >= 4 is 15.9 Å². The number of hydrogen-bond donors (Lipinski definition) is 1. The van der Waals surface area contributed by atoms with Crippen molar-refractivity contribution in [2.45, 2.75) is 36.1 Å². The Bertz CT molecular complexity index is 598. The van der Waals surface area contributed by atoms with E-state index in [1.54, 1.807) is 18.2 Å². The maximum absolute atomic E-state index is 12.2. The lowest BCUT2D eigenvalue weighted by Crippen LogP contribution is -2.21. The molecule has 1 heterocycles. The average Bonchev–Trinajstić information content (AvgIpc) is 2.97. The molecule has 2 aliphatic rings. The van der Waals surface area contributed by atoms with Crippen molar-refractivity contribution in [2.24, 2.45) is 5.73 Å². The highest BCUT2D eigenvalue weighted by Crippen LogP contribution is 2.41. The van der Waals surface area contributed by atoms with E-state index in [-0.39, 0.29) is 5.54 Å². The van der Waals surface area contributed by atoms with Gasteiger partial charge in [-0.2, -0.15) is 0 Å². The first kappa shape index (κ1) is 11.0. The minimum absolute atomic E-state index is 0.0921. The summed E-state index contributed by atoms with van der Waals surface area (Å²) >= 11 is 0. The summed E-state index contributed by atoms with van der Waals surface area (Å²) in [6, 6.07) is 7.14. The van der Waals surface area contributed by atoms with Gasteiger partial charge in [0, 0.05) is 10.4 Å². The molecule has 3 nitrogen and oxygen atoms in total. The highest BCUT2D eigenvalue weighted by atomic mass is 32.2. The zero-order valence-electron chi connectivity index (χ0n) is 9.52. The van der Waals surface area contributed by atoms with E-state index in [4.69, 9.17) is 5.73 Å². The van der Waals surface area contributed by atoms with E-state index >= 15 is 0 Å². The number of benzene rings is 1. The second kappa shape index (κ2) is 3.43. The Kier molecular flexibility index (Phi) is 2.22. The van der Waals surface area contributed by atoms with E-state index in [0.29, 0.717) is 16.2 Å². The molecule has 0 saturated heterocycles. The highest BCUT2D eigenvalue weighted by Gasteiger charge is 2.39. The smallest absolute Gasteiger partial charge is 0.203 e. The summed E-state index contributed by atoms with van der Waals surface area (Å²) in [5.41, 5.74) is 6.71. The number of allylic oxidation sites excluding steroid dienone is 1. The topological polar surface area (TPSA) is 60.2 Å². The van der Waals surface area contributed by atoms with E-state index in [0.717, 1.165) is 24.8 Å². The Morgan fingerprint density at radius 2 is 1.94 bits per heavy atom. The van der Waals surface area contributed by atoms with Crippen LogP contribution in [0.25, 0.3) is 6.08 Å². The van der Waals surface area contributed by atoms with E-state index in [9.17, 15) is 8.42 Å². The fraction of sp³-hybridized carbons (Fsp3) is 0.385. The van der Waals surface area contributed by atoms with Gasteiger partial charge < -0.3 is 5.73 Å². The summed E-state index contributed by atoms with van der Waals surface area (Å²) in [6.07, 6.45) is 5.16. The molecule has 17 heavy (non-hydrogen) atoms. The minimum Gasteiger partial charge on any atom is -0.325 e. The molecule has 4 heteroatoms. The monoisotopic (exact) mass is 249 g/mol. The van der Waals surface area contributed by atoms with Crippen LogP contribution in [0.15, 0.2) is 34.1 Å². The summed E-state index contributed by atoms with van der Waals surface area (Å²) < 4.78 is 24.4. The van der Waals surface area contributed by atoms with Gasteiger partial charge in [0.2, 0.25) is 9.84 Å². The number of sulfone groups is 1. The van der Waals surface area contributed by atoms with Crippen molar-refractivity contribution in [3.05, 3.63) is 34.7 Å². The van der Waals surface area contributed by atoms with Crippen LogP contribution in [0, 0.1) is 0 Å². The molecule has 1 fully saturated rings. The molecule has 0 unspecified atom stereocenters. The Morgan fingerprint density at radius 3 is 2.59 bits per heavy atom. The Morgan fingerprint density at radius 1 is 1.24 bits per heavy atom. The maximum atomic E-state index is 12.2. The first-order chi connectivity index (χ1) is 8.01. The lowest BCUT2D eigenvalue weighted by atomic mass is 10.1. The SMILES string of the molecule is NC1(CCC2=Cc3ccccc3S2(=O)=O)CC1. The highest BCUT2D eigenvalue weighted by molar-refractivity contribution is 7.95. The quantitative estimate of drug-likeness (QED) is 0.892. The van der Waals surface area contributed by atoms with Crippen molar-refractivity contribution < 1.29 is 8.42 Å². The van der Waals surface area contributed by atoms with Gasteiger partial charge in [-0.05, 0) is 43.4 Å². The van der Waals surface area contributed by atoms with Crippen LogP contribution in [0.5, 0.6) is 0 Å². The van der Waals surface area contributed by atoms with Crippen LogP contribution in [-0.4, -0.2) is 14.0 Å². The number of fused-ring (bicyclic) bond motifs is 1. The molecule has 0 radical (unpaired) electrons. The molecule has 1 aromatic rings. The third-order valence-corrected chi connectivity index (χ3v) is 5.59. The second-order valence-corrected chi connectivity index (χ2v) is 6.99. The van der Waals surface area contributed by atoms with Crippen LogP contribution in [0.2, 0.25) is 0 Å². The van der Waals surface area contributed by atoms with Gasteiger partial charge in [-0.25, -0.2) is 8.42 Å². The Hall–Kier alpha value is -1.13. The lowest BCUT2D eigenvalue weighted by molar-refractivity contribution is 0.589. The zero-order valence-corrected chi connectivity index (χ0v) is 10.3. The molecule has 1 saturated carbocycles. The van der Waals surface area contributed by atoms with Gasteiger partial charge >= 0.3 is 0 Å². The molecule has 0 bridgehead atoms. The molecule has 1 aromatic carbocycles. The zero-order chi connectivity index (χ0) is 12.1. The molecular weight excluding hydrogens is 234 g/mol. The van der Waals surface area contributed by atoms with Crippen LogP contribution in [0.4, 0.5) is 0 Å². The van der Waals surface area contributed by atoms with Crippen LogP contribution in [0.1, 0.15) is 31.2 Å². The van der Waals surface area contributed by atoms with Gasteiger partial charge in [0.1, 0.15) is 0 Å². The molecule has 1 aliphatic heterocycles. The maximum Gasteiger partial charge on any atom is 0.203 e. The fourth-order valence-electron chi connectivity index (χ4n) is 2.23. The summed E-state index contributed by atoms with van der Waals surface area (Å²) in [4.78, 5) is 0.965. The second-order valence-electron chi connectivity index (χ2n) is 5.01. The molecule has 0 amide bonds. The van der Waals surface area contributed by atoms with Crippen molar-refractivity contribution in [2.75, 3.05) is 0 Å². The standard InChI is InChI=1S/C13H15NO2S/c14-13(7-8-13)6-5-11-9-10-3-1-2-4-12(10)17(11,15)16/h1-4,9H,5-8,14H2. The van der Waals surface area contributed by atoms with Gasteiger partial charge in [0.25, 0.3) is 0 Å². The van der Waals surface area contributed by atoms with Crippen molar-refractivity contribution in [3.8, 4) is 0 Å². The predicted octanol–water partition coefficient (Wildman–Crippen LogP) is 2.09. The van der Waals surface area contributed by atoms with Gasteiger partial charge in [-0.15, -0.1) is 0 Å². The molecule has 3 rings (SSSR count). The molecule has 0 aromatic heterocycles. The molecule has 0 spiro atoms. The largest absolute Gasteiger partial charge is 0.325 e. The first-order valence-corrected chi connectivity index (χ1v) is 7.33. The predicted molar refractivity (Wildman–Crippen MR) is 67.0 cm³/mol. The first-order valence-electron chi connectivity index (χ1n) is 5.85. The Balaban J connectivity index is 1.88. The van der Waals surface area contributed by atoms with E-state index in [2.05, 4.69) is 0 Å². The van der Waals surface area contributed by atoms with E-state index < -0.39 is 9.84 Å². The minimum atomic E-state index is -3.24. The number of nitrogens with two attached hydrogens (primary N) is 1. The molecule has 0 atom stereocenters. The van der Waals surface area contributed by atoms with Gasteiger partial charge in [0.15, 0.2) is 0 Å². The normalized spacial score (nSPS) is 23.0. The molecule has 2 N–H and O–H groups in total. The van der Waals surface area contributed by atoms with Crippen molar-refractivity contribution in [3.63, 3.8) is 0 Å². The van der Waals surface area contributed by atoms with Crippen LogP contribution in [0.3, 0.4) is 0 Å². The molecular formula is C13H15NO2S. The fourth-order valence-corrected chi connectivity index (χ4v) is 3.86. The Labute approximate surface area is 101 Å². The van der Waals surface area contributed by atoms with Gasteiger partial charge in [-0.3, -0.25) is 0 Å². The summed E-state index contributed by atoms with van der Waals surface area (Å²) in [7, 11) is -3.24. The van der Waals surface area contributed by atoms with E-state index in [1.165, 1.54) is 0 Å². The molecule has 90 valence electrons. The molecule has 1 aliphatic carbocycles. The summed E-state index contributed by atoms with van der Waals surface area (Å²) in [5, 5.41) is 0. The van der Waals surface area contributed by atoms with Gasteiger partial charge in [-0.1, -0.05) is 18.2 Å².